The van der Waals surface area contributed by atoms with Crippen LogP contribution in [0.5, 0.6) is 11.5 Å². The predicted octanol–water partition coefficient (Wildman–Crippen LogP) is 3.05. The van der Waals surface area contributed by atoms with Gasteiger partial charge in [0.05, 0.1) is 18.2 Å². The van der Waals surface area contributed by atoms with E-state index in [4.69, 9.17) is 19.5 Å². The maximum absolute atomic E-state index is 12.4. The number of nitrogens with zero attached hydrogens (tertiary/aromatic N) is 1. The van der Waals surface area contributed by atoms with E-state index in [0.717, 1.165) is 0 Å². The summed E-state index contributed by atoms with van der Waals surface area (Å²) in [6, 6.07) is 13.6. The van der Waals surface area contributed by atoms with Crippen LogP contribution in [0.3, 0.4) is 0 Å². The average molecular weight is 338 g/mol. The summed E-state index contributed by atoms with van der Waals surface area (Å²) in [6.07, 6.45) is 0. The van der Waals surface area contributed by atoms with E-state index in [2.05, 4.69) is 11.4 Å². The number of esters is 1. The molecule has 0 aromatic heterocycles. The van der Waals surface area contributed by atoms with Crippen molar-refractivity contribution in [3.63, 3.8) is 0 Å². The van der Waals surface area contributed by atoms with Crippen LogP contribution in [0.2, 0.25) is 0 Å². The monoisotopic (exact) mass is 338 g/mol. The van der Waals surface area contributed by atoms with Gasteiger partial charge in [-0.3, -0.25) is 0 Å². The summed E-state index contributed by atoms with van der Waals surface area (Å²) < 4.78 is 16.3. The molecule has 1 aliphatic heterocycles. The molecule has 128 valence electrons. The number of carbonyl (C=O) groups excluding carboxylic acids is 1. The first-order chi connectivity index (χ1) is 12.2. The molecule has 2 aromatic carbocycles. The van der Waals surface area contributed by atoms with E-state index in [9.17, 15) is 4.79 Å². The van der Waals surface area contributed by atoms with Crippen LogP contribution in [0, 0.1) is 11.3 Å². The Kier molecular flexibility index (Phi) is 5.05. The minimum Gasteiger partial charge on any atom is -0.486 e. The lowest BCUT2D eigenvalue weighted by Gasteiger charge is -2.22. The molecule has 1 heterocycles. The van der Waals surface area contributed by atoms with Crippen LogP contribution in [0.1, 0.15) is 24.1 Å². The third-order valence-electron chi connectivity index (χ3n) is 3.75. The second kappa shape index (κ2) is 7.58. The third-order valence-corrected chi connectivity index (χ3v) is 3.75. The molecule has 0 aliphatic carbocycles. The van der Waals surface area contributed by atoms with Crippen molar-refractivity contribution in [1.29, 1.82) is 5.26 Å². The molecule has 25 heavy (non-hydrogen) atoms. The van der Waals surface area contributed by atoms with Crippen LogP contribution in [0.4, 0.5) is 5.69 Å². The van der Waals surface area contributed by atoms with Gasteiger partial charge < -0.3 is 19.5 Å². The Morgan fingerprint density at radius 1 is 1.20 bits per heavy atom. The van der Waals surface area contributed by atoms with E-state index in [1.54, 1.807) is 43.3 Å². The topological polar surface area (TPSA) is 80.6 Å². The van der Waals surface area contributed by atoms with Gasteiger partial charge in [0.1, 0.15) is 13.2 Å². The molecule has 0 amide bonds. The van der Waals surface area contributed by atoms with E-state index in [0.29, 0.717) is 41.5 Å². The van der Waals surface area contributed by atoms with Crippen LogP contribution >= 0.6 is 0 Å². The van der Waals surface area contributed by atoms with Gasteiger partial charge in [0.15, 0.2) is 17.5 Å². The summed E-state index contributed by atoms with van der Waals surface area (Å²) >= 11 is 0. The highest BCUT2D eigenvalue weighted by Gasteiger charge is 2.24. The van der Waals surface area contributed by atoms with Gasteiger partial charge in [-0.2, -0.15) is 5.26 Å². The van der Waals surface area contributed by atoms with Gasteiger partial charge in [-0.15, -0.1) is 0 Å². The van der Waals surface area contributed by atoms with Crippen molar-refractivity contribution in [2.75, 3.05) is 25.1 Å². The van der Waals surface area contributed by atoms with Gasteiger partial charge in [-0.25, -0.2) is 4.79 Å². The van der Waals surface area contributed by atoms with Crippen LogP contribution in [0.25, 0.3) is 0 Å². The molecule has 1 aliphatic rings. The number of nitrogens with one attached hydrogen (secondary N) is 1. The SMILES string of the molecule is CCOC(=O)C(Nc1ccc(C#N)cc1)c1ccc2c(c1)OCCO2. The molecule has 3 rings (SSSR count). The normalized spacial score (nSPS) is 13.4. The summed E-state index contributed by atoms with van der Waals surface area (Å²) in [5.74, 6) is 0.888. The van der Waals surface area contributed by atoms with Gasteiger partial charge in [0.2, 0.25) is 0 Å². The molecule has 1 unspecified atom stereocenters. The van der Waals surface area contributed by atoms with Crippen molar-refractivity contribution < 1.29 is 19.0 Å². The second-order valence-electron chi connectivity index (χ2n) is 5.42. The van der Waals surface area contributed by atoms with Gasteiger partial charge in [0.25, 0.3) is 0 Å². The summed E-state index contributed by atoms with van der Waals surface area (Å²) in [7, 11) is 0. The highest BCUT2D eigenvalue weighted by Crippen LogP contribution is 2.34. The number of carbonyl (C=O) groups is 1. The van der Waals surface area contributed by atoms with E-state index in [-0.39, 0.29) is 12.6 Å². The first kappa shape index (κ1) is 16.7. The Balaban J connectivity index is 1.88. The molecule has 0 bridgehead atoms. The van der Waals surface area contributed by atoms with Gasteiger partial charge in [-0.1, -0.05) is 6.07 Å². The van der Waals surface area contributed by atoms with Gasteiger partial charge >= 0.3 is 5.97 Å². The predicted molar refractivity (Wildman–Crippen MR) is 91.6 cm³/mol. The third kappa shape index (κ3) is 3.83. The number of hydrogen-bond acceptors (Lipinski definition) is 6. The summed E-state index contributed by atoms with van der Waals surface area (Å²) in [4.78, 5) is 12.4. The van der Waals surface area contributed by atoms with Crippen molar-refractivity contribution in [1.82, 2.24) is 0 Å². The Morgan fingerprint density at radius 3 is 2.60 bits per heavy atom. The summed E-state index contributed by atoms with van der Waals surface area (Å²) in [5.41, 5.74) is 1.98. The first-order valence-corrected chi connectivity index (χ1v) is 8.04. The zero-order valence-electron chi connectivity index (χ0n) is 13.8. The molecule has 1 atom stereocenters. The van der Waals surface area contributed by atoms with E-state index >= 15 is 0 Å². The number of nitriles is 1. The quantitative estimate of drug-likeness (QED) is 0.844. The molecular formula is C19H18N2O4. The van der Waals surface area contributed by atoms with Crippen LogP contribution < -0.4 is 14.8 Å². The van der Waals surface area contributed by atoms with Crippen LogP contribution in [-0.2, 0) is 9.53 Å². The van der Waals surface area contributed by atoms with Crippen molar-refractivity contribution >= 4 is 11.7 Å². The molecule has 6 nitrogen and oxygen atoms in total. The lowest BCUT2D eigenvalue weighted by molar-refractivity contribution is -0.144. The number of ether oxygens (including phenoxy) is 3. The molecule has 2 aromatic rings. The van der Waals surface area contributed by atoms with Gasteiger partial charge in [0, 0.05) is 5.69 Å². The highest BCUT2D eigenvalue weighted by molar-refractivity contribution is 5.81. The minimum atomic E-state index is -0.691. The standard InChI is InChI=1S/C19H18N2O4/c1-2-23-19(22)18(21-15-6-3-13(12-20)4-7-15)14-5-8-16-17(11-14)25-10-9-24-16/h3-8,11,18,21H,2,9-10H2,1H3. The average Bonchev–Trinajstić information content (AvgIpc) is 2.66. The maximum atomic E-state index is 12.4. The fourth-order valence-electron chi connectivity index (χ4n) is 2.55. The lowest BCUT2D eigenvalue weighted by atomic mass is 10.1. The van der Waals surface area contributed by atoms with Crippen molar-refractivity contribution in [3.8, 4) is 17.6 Å². The largest absolute Gasteiger partial charge is 0.486 e. The zero-order chi connectivity index (χ0) is 17.6. The van der Waals surface area contributed by atoms with E-state index in [1.165, 1.54) is 0 Å². The van der Waals surface area contributed by atoms with Crippen molar-refractivity contribution in [3.05, 3.63) is 53.6 Å². The molecule has 0 spiro atoms. The van der Waals surface area contributed by atoms with Crippen LogP contribution in [0.15, 0.2) is 42.5 Å². The number of anilines is 1. The highest BCUT2D eigenvalue weighted by atomic mass is 16.6. The lowest BCUT2D eigenvalue weighted by Crippen LogP contribution is -2.24. The fraction of sp³-hybridized carbons (Fsp3) is 0.263. The van der Waals surface area contributed by atoms with Crippen molar-refractivity contribution in [2.45, 2.75) is 13.0 Å². The number of benzene rings is 2. The smallest absolute Gasteiger partial charge is 0.333 e. The first-order valence-electron chi connectivity index (χ1n) is 8.04. The Bertz CT molecular complexity index is 796. The van der Waals surface area contributed by atoms with Crippen LogP contribution in [-0.4, -0.2) is 25.8 Å². The molecular weight excluding hydrogens is 320 g/mol. The number of fused-ring (bicyclic) bond motifs is 1. The summed E-state index contributed by atoms with van der Waals surface area (Å²) in [5, 5.41) is 12.0. The molecule has 0 radical (unpaired) electrons. The minimum absolute atomic E-state index is 0.287. The number of rotatable bonds is 5. The maximum Gasteiger partial charge on any atom is 0.333 e. The fourth-order valence-corrected chi connectivity index (χ4v) is 2.55. The molecule has 0 saturated carbocycles. The zero-order valence-corrected chi connectivity index (χ0v) is 13.8. The molecule has 1 N–H and O–H groups in total. The van der Waals surface area contributed by atoms with Crippen molar-refractivity contribution in [2.24, 2.45) is 0 Å². The van der Waals surface area contributed by atoms with E-state index in [1.807, 2.05) is 6.07 Å². The molecule has 0 fully saturated rings. The van der Waals surface area contributed by atoms with Gasteiger partial charge in [-0.05, 0) is 48.9 Å². The molecule has 6 heteroatoms. The van der Waals surface area contributed by atoms with E-state index < -0.39 is 6.04 Å². The Hall–Kier alpha value is -3.20. The number of hydrogen-bond donors (Lipinski definition) is 1. The second-order valence-corrected chi connectivity index (χ2v) is 5.42. The summed E-state index contributed by atoms with van der Waals surface area (Å²) in [6.45, 7) is 3.04. The molecule has 0 saturated heterocycles. The Labute approximate surface area is 145 Å². The Morgan fingerprint density at radius 2 is 1.92 bits per heavy atom.